The molecule has 0 unspecified atom stereocenters. The van der Waals surface area contributed by atoms with Crippen molar-refractivity contribution in [2.75, 3.05) is 7.11 Å². The number of carbonyl (C=O) groups is 1. The Morgan fingerprint density at radius 1 is 1.05 bits per heavy atom. The molecular weight excluding hydrogens is 238 g/mol. The van der Waals surface area contributed by atoms with Gasteiger partial charge in [0.1, 0.15) is 5.75 Å². The molecule has 0 amide bonds. The number of ketones is 1. The molecule has 3 heteroatoms. The highest BCUT2D eigenvalue weighted by molar-refractivity contribution is 5.98. The van der Waals surface area contributed by atoms with E-state index in [1.54, 1.807) is 7.11 Å². The number of aryl methyl sites for hydroxylation is 1. The standard InChI is InChI=1S/C16H15NO2/c1-19-12-7-5-11(6-8-12)14-10-9-13-15(17-14)3-2-4-16(13)18/h5-10H,2-4H2,1H3. The van der Waals surface area contributed by atoms with Crippen LogP contribution >= 0.6 is 0 Å². The van der Waals surface area contributed by atoms with Gasteiger partial charge in [-0.05, 0) is 49.2 Å². The van der Waals surface area contributed by atoms with Crippen molar-refractivity contribution in [2.24, 2.45) is 0 Å². The first-order valence-electron chi connectivity index (χ1n) is 6.45. The summed E-state index contributed by atoms with van der Waals surface area (Å²) in [5, 5.41) is 0. The monoisotopic (exact) mass is 253 g/mol. The average Bonchev–Trinajstić information content (AvgIpc) is 2.47. The molecule has 0 N–H and O–H groups in total. The number of Topliss-reactive ketones (excluding diaryl/α,β-unsaturated/α-hetero) is 1. The van der Waals surface area contributed by atoms with Gasteiger partial charge in [0.05, 0.1) is 18.5 Å². The van der Waals surface area contributed by atoms with E-state index in [1.165, 1.54) is 0 Å². The molecule has 0 atom stereocenters. The summed E-state index contributed by atoms with van der Waals surface area (Å²) in [4.78, 5) is 16.4. The Labute approximate surface area is 112 Å². The third-order valence-corrected chi connectivity index (χ3v) is 3.48. The maximum absolute atomic E-state index is 11.8. The summed E-state index contributed by atoms with van der Waals surface area (Å²) in [6.45, 7) is 0. The van der Waals surface area contributed by atoms with Crippen LogP contribution in [0.1, 0.15) is 28.9 Å². The van der Waals surface area contributed by atoms with Crippen molar-refractivity contribution in [1.82, 2.24) is 4.98 Å². The molecule has 96 valence electrons. The van der Waals surface area contributed by atoms with Gasteiger partial charge in [0.25, 0.3) is 0 Å². The third-order valence-electron chi connectivity index (χ3n) is 3.48. The maximum Gasteiger partial charge on any atom is 0.164 e. The molecule has 1 aromatic heterocycles. The molecule has 0 saturated heterocycles. The zero-order chi connectivity index (χ0) is 13.2. The van der Waals surface area contributed by atoms with Crippen molar-refractivity contribution < 1.29 is 9.53 Å². The van der Waals surface area contributed by atoms with Crippen LogP contribution in [0.15, 0.2) is 36.4 Å². The van der Waals surface area contributed by atoms with Gasteiger partial charge in [-0.15, -0.1) is 0 Å². The highest BCUT2D eigenvalue weighted by Gasteiger charge is 2.18. The zero-order valence-electron chi connectivity index (χ0n) is 10.8. The van der Waals surface area contributed by atoms with E-state index in [9.17, 15) is 4.79 Å². The minimum Gasteiger partial charge on any atom is -0.497 e. The number of aromatic nitrogens is 1. The predicted molar refractivity (Wildman–Crippen MR) is 73.5 cm³/mol. The van der Waals surface area contributed by atoms with E-state index in [2.05, 4.69) is 4.98 Å². The van der Waals surface area contributed by atoms with Gasteiger partial charge in [0.2, 0.25) is 0 Å². The van der Waals surface area contributed by atoms with Gasteiger partial charge in [-0.3, -0.25) is 9.78 Å². The van der Waals surface area contributed by atoms with Gasteiger partial charge in [0.15, 0.2) is 5.78 Å². The van der Waals surface area contributed by atoms with Crippen molar-refractivity contribution >= 4 is 5.78 Å². The lowest BCUT2D eigenvalue weighted by Crippen LogP contribution is -2.12. The molecule has 3 nitrogen and oxygen atoms in total. The fourth-order valence-corrected chi connectivity index (χ4v) is 2.42. The topological polar surface area (TPSA) is 39.2 Å². The van der Waals surface area contributed by atoms with Crippen LogP contribution < -0.4 is 4.74 Å². The van der Waals surface area contributed by atoms with Crippen LogP contribution in [-0.4, -0.2) is 17.9 Å². The minimum absolute atomic E-state index is 0.218. The molecule has 1 aromatic carbocycles. The lowest BCUT2D eigenvalue weighted by molar-refractivity contribution is 0.0971. The molecule has 0 spiro atoms. The molecule has 0 saturated carbocycles. The normalized spacial score (nSPS) is 14.1. The smallest absolute Gasteiger partial charge is 0.164 e. The summed E-state index contributed by atoms with van der Waals surface area (Å²) in [7, 11) is 1.65. The molecule has 2 aromatic rings. The van der Waals surface area contributed by atoms with Crippen molar-refractivity contribution in [3.05, 3.63) is 47.7 Å². The summed E-state index contributed by atoms with van der Waals surface area (Å²) in [5.74, 6) is 1.05. The van der Waals surface area contributed by atoms with E-state index >= 15 is 0 Å². The Balaban J connectivity index is 1.99. The third kappa shape index (κ3) is 2.24. The summed E-state index contributed by atoms with van der Waals surface area (Å²) in [6, 6.07) is 11.6. The molecule has 1 heterocycles. The first-order valence-corrected chi connectivity index (χ1v) is 6.45. The van der Waals surface area contributed by atoms with Gasteiger partial charge in [-0.1, -0.05) is 0 Å². The highest BCUT2D eigenvalue weighted by atomic mass is 16.5. The summed E-state index contributed by atoms with van der Waals surface area (Å²) in [5.41, 5.74) is 3.69. The Kier molecular flexibility index (Phi) is 3.03. The molecule has 3 rings (SSSR count). The quantitative estimate of drug-likeness (QED) is 0.824. The minimum atomic E-state index is 0.218. The summed E-state index contributed by atoms with van der Waals surface area (Å²) in [6.07, 6.45) is 2.45. The molecular formula is C16H15NO2. The number of pyridine rings is 1. The van der Waals surface area contributed by atoms with Crippen LogP contribution in [0.5, 0.6) is 5.75 Å². The van der Waals surface area contributed by atoms with Gasteiger partial charge in [-0.25, -0.2) is 0 Å². The van der Waals surface area contributed by atoms with E-state index in [4.69, 9.17) is 4.74 Å². The Morgan fingerprint density at radius 3 is 2.58 bits per heavy atom. The molecule has 0 bridgehead atoms. The van der Waals surface area contributed by atoms with Crippen LogP contribution in [0, 0.1) is 0 Å². The Morgan fingerprint density at radius 2 is 1.84 bits per heavy atom. The largest absolute Gasteiger partial charge is 0.497 e. The van der Waals surface area contributed by atoms with Crippen LogP contribution in [0.3, 0.4) is 0 Å². The Hall–Kier alpha value is -2.16. The number of methoxy groups -OCH3 is 1. The first-order chi connectivity index (χ1) is 9.28. The van der Waals surface area contributed by atoms with E-state index in [-0.39, 0.29) is 5.78 Å². The fourth-order valence-electron chi connectivity index (χ4n) is 2.42. The number of nitrogens with zero attached hydrogens (tertiary/aromatic N) is 1. The number of fused-ring (bicyclic) bond motifs is 1. The summed E-state index contributed by atoms with van der Waals surface area (Å²) < 4.78 is 5.14. The zero-order valence-corrected chi connectivity index (χ0v) is 10.8. The van der Waals surface area contributed by atoms with Crippen LogP contribution in [0.4, 0.5) is 0 Å². The Bertz CT molecular complexity index is 617. The first kappa shape index (κ1) is 11.9. The number of benzene rings is 1. The lowest BCUT2D eigenvalue weighted by atomic mass is 9.94. The van der Waals surface area contributed by atoms with Crippen LogP contribution in [0.2, 0.25) is 0 Å². The second-order valence-electron chi connectivity index (χ2n) is 4.70. The average molecular weight is 253 g/mol. The lowest BCUT2D eigenvalue weighted by Gasteiger charge is -2.14. The van der Waals surface area contributed by atoms with Gasteiger partial charge in [-0.2, -0.15) is 0 Å². The number of hydrogen-bond acceptors (Lipinski definition) is 3. The highest BCUT2D eigenvalue weighted by Crippen LogP contribution is 2.25. The number of rotatable bonds is 2. The van der Waals surface area contributed by atoms with E-state index < -0.39 is 0 Å². The van der Waals surface area contributed by atoms with Gasteiger partial charge >= 0.3 is 0 Å². The van der Waals surface area contributed by atoms with Crippen molar-refractivity contribution in [2.45, 2.75) is 19.3 Å². The van der Waals surface area contributed by atoms with Crippen LogP contribution in [-0.2, 0) is 6.42 Å². The molecule has 0 radical (unpaired) electrons. The van der Waals surface area contributed by atoms with Crippen molar-refractivity contribution in [3.63, 3.8) is 0 Å². The molecule has 1 aliphatic carbocycles. The second-order valence-corrected chi connectivity index (χ2v) is 4.70. The van der Waals surface area contributed by atoms with E-state index in [1.807, 2.05) is 36.4 Å². The molecule has 19 heavy (non-hydrogen) atoms. The van der Waals surface area contributed by atoms with Gasteiger partial charge in [0, 0.05) is 17.5 Å². The van der Waals surface area contributed by atoms with E-state index in [0.29, 0.717) is 6.42 Å². The molecule has 1 aliphatic rings. The maximum atomic E-state index is 11.8. The number of ether oxygens (including phenoxy) is 1. The summed E-state index contributed by atoms with van der Waals surface area (Å²) >= 11 is 0. The number of hydrogen-bond donors (Lipinski definition) is 0. The van der Waals surface area contributed by atoms with Crippen LogP contribution in [0.25, 0.3) is 11.3 Å². The SMILES string of the molecule is COc1ccc(-c2ccc3c(n2)CCCC3=O)cc1. The van der Waals surface area contributed by atoms with E-state index in [0.717, 1.165) is 41.1 Å². The molecule has 0 fully saturated rings. The van der Waals surface area contributed by atoms with Gasteiger partial charge < -0.3 is 4.74 Å². The van der Waals surface area contributed by atoms with Crippen molar-refractivity contribution in [3.8, 4) is 17.0 Å². The van der Waals surface area contributed by atoms with Crippen molar-refractivity contribution in [1.29, 1.82) is 0 Å². The second kappa shape index (κ2) is 4.84. The predicted octanol–water partition coefficient (Wildman–Crippen LogP) is 3.28. The fraction of sp³-hybridized carbons (Fsp3) is 0.250. The molecule has 0 aliphatic heterocycles. The number of carbonyl (C=O) groups excluding carboxylic acids is 1.